The molecule has 1 heterocycles. The van der Waals surface area contributed by atoms with Gasteiger partial charge < -0.3 is 20.8 Å². The summed E-state index contributed by atoms with van der Waals surface area (Å²) in [5, 5.41) is 4.01. The van der Waals surface area contributed by atoms with Crippen LogP contribution in [0.2, 0.25) is 0 Å². The summed E-state index contributed by atoms with van der Waals surface area (Å²) in [6.07, 6.45) is 0. The Morgan fingerprint density at radius 2 is 2.24 bits per heavy atom. The Hall–Kier alpha value is -0.720. The highest BCUT2D eigenvalue weighted by Gasteiger charge is 2.35. The zero-order valence-corrected chi connectivity index (χ0v) is 11.2. The van der Waals surface area contributed by atoms with Crippen molar-refractivity contribution in [2.75, 3.05) is 0 Å². The van der Waals surface area contributed by atoms with Crippen molar-refractivity contribution in [2.24, 2.45) is 5.73 Å². The lowest BCUT2D eigenvalue weighted by Crippen LogP contribution is -2.50. The van der Waals surface area contributed by atoms with Gasteiger partial charge in [0.25, 0.3) is 0 Å². The Balaban J connectivity index is 2.81. The molecule has 0 spiro atoms. The van der Waals surface area contributed by atoms with Gasteiger partial charge in [-0.25, -0.2) is 0 Å². The molecule has 1 unspecified atom stereocenters. The van der Waals surface area contributed by atoms with E-state index in [1.54, 1.807) is 17.5 Å². The van der Waals surface area contributed by atoms with E-state index in [-0.39, 0.29) is 0 Å². The third-order valence-corrected chi connectivity index (χ3v) is 4.59. The molecule has 6 nitrogen and oxygen atoms in total. The number of nitrogens with one attached hydrogen (secondary N) is 1. The van der Waals surface area contributed by atoms with Crippen molar-refractivity contribution < 1.29 is 19.1 Å². The lowest BCUT2D eigenvalue weighted by molar-refractivity contribution is -0.126. The van der Waals surface area contributed by atoms with Crippen LogP contribution in [0.1, 0.15) is 18.7 Å². The van der Waals surface area contributed by atoms with Crippen molar-refractivity contribution in [1.29, 1.82) is 0 Å². The summed E-state index contributed by atoms with van der Waals surface area (Å²) >= 11 is 1.31. The molecule has 0 saturated carbocycles. The van der Waals surface area contributed by atoms with Crippen LogP contribution in [-0.4, -0.2) is 21.5 Å². The van der Waals surface area contributed by atoms with E-state index in [1.807, 2.05) is 0 Å². The maximum absolute atomic E-state index is 11.8. The van der Waals surface area contributed by atoms with Crippen LogP contribution in [-0.2, 0) is 14.9 Å². The first-order chi connectivity index (χ1) is 7.65. The first kappa shape index (κ1) is 14.3. The molecule has 0 bridgehead atoms. The summed E-state index contributed by atoms with van der Waals surface area (Å²) in [6.45, 7) is 2.74. The zero-order chi connectivity index (χ0) is 13.3. The molecule has 0 aliphatic rings. The fraction of sp³-hybridized carbons (Fsp3) is 0.444. The standard InChI is InChI=1S/C9H15N2O4PS/c1-6(16(13,14)15)11-8(12)9(2,10)7-4-3-5-17-7/h3-6H,10H2,1-2H3,(H,11,12)(H2,13,14,15)/t6?,9-/m1/s1. The normalized spacial score (nSPS) is 17.2. The van der Waals surface area contributed by atoms with Crippen LogP contribution in [0.15, 0.2) is 17.5 Å². The SMILES string of the molecule is CC(NC(=O)[C@](C)(N)c1cccs1)P(=O)(O)O. The van der Waals surface area contributed by atoms with Crippen molar-refractivity contribution >= 4 is 24.8 Å². The van der Waals surface area contributed by atoms with E-state index in [1.165, 1.54) is 25.2 Å². The van der Waals surface area contributed by atoms with Crippen LogP contribution < -0.4 is 11.1 Å². The molecule has 0 aromatic carbocycles. The molecule has 0 aliphatic carbocycles. The van der Waals surface area contributed by atoms with Gasteiger partial charge in [0.2, 0.25) is 5.91 Å². The molecular formula is C9H15N2O4PS. The lowest BCUT2D eigenvalue weighted by atomic mass is 10.0. The van der Waals surface area contributed by atoms with E-state index in [2.05, 4.69) is 5.32 Å². The Morgan fingerprint density at radius 1 is 1.65 bits per heavy atom. The summed E-state index contributed by atoms with van der Waals surface area (Å²) in [6, 6.07) is 3.46. The number of nitrogens with two attached hydrogens (primary N) is 1. The number of carbonyl (C=O) groups is 1. The minimum absolute atomic E-state index is 0.615. The number of carbonyl (C=O) groups excluding carboxylic acids is 1. The van der Waals surface area contributed by atoms with Crippen LogP contribution in [0.5, 0.6) is 0 Å². The average molecular weight is 278 g/mol. The number of hydrogen-bond acceptors (Lipinski definition) is 4. The first-order valence-electron chi connectivity index (χ1n) is 4.84. The van der Waals surface area contributed by atoms with Gasteiger partial charge in [0.15, 0.2) is 0 Å². The fourth-order valence-corrected chi connectivity index (χ4v) is 2.19. The minimum Gasteiger partial charge on any atom is -0.340 e. The largest absolute Gasteiger partial charge is 0.347 e. The van der Waals surface area contributed by atoms with Crippen molar-refractivity contribution in [2.45, 2.75) is 25.2 Å². The average Bonchev–Trinajstić information content (AvgIpc) is 2.68. The third-order valence-electron chi connectivity index (χ3n) is 2.35. The van der Waals surface area contributed by atoms with E-state index in [9.17, 15) is 9.36 Å². The molecule has 2 atom stereocenters. The van der Waals surface area contributed by atoms with Gasteiger partial charge in [0, 0.05) is 4.88 Å². The maximum atomic E-state index is 11.8. The van der Waals surface area contributed by atoms with Gasteiger partial charge in [0.05, 0.1) is 0 Å². The van der Waals surface area contributed by atoms with E-state index in [0.29, 0.717) is 4.88 Å². The molecule has 1 amide bonds. The second kappa shape index (κ2) is 4.88. The van der Waals surface area contributed by atoms with E-state index >= 15 is 0 Å². The highest BCUT2D eigenvalue weighted by molar-refractivity contribution is 7.52. The molecular weight excluding hydrogens is 263 g/mol. The predicted molar refractivity (Wildman–Crippen MR) is 65.5 cm³/mol. The third kappa shape index (κ3) is 3.37. The van der Waals surface area contributed by atoms with Gasteiger partial charge in [-0.1, -0.05) is 6.07 Å². The highest BCUT2D eigenvalue weighted by atomic mass is 32.1. The molecule has 1 aromatic heterocycles. The summed E-state index contributed by atoms with van der Waals surface area (Å²) < 4.78 is 10.9. The number of amides is 1. The van der Waals surface area contributed by atoms with Crippen molar-refractivity contribution in [1.82, 2.24) is 5.32 Å². The van der Waals surface area contributed by atoms with Gasteiger partial charge in [-0.2, -0.15) is 0 Å². The van der Waals surface area contributed by atoms with Gasteiger partial charge in [-0.3, -0.25) is 9.36 Å². The molecule has 5 N–H and O–H groups in total. The second-order valence-electron chi connectivity index (χ2n) is 3.92. The molecule has 0 fully saturated rings. The summed E-state index contributed by atoms with van der Waals surface area (Å²) in [4.78, 5) is 30.3. The number of thiophene rings is 1. The molecule has 1 rings (SSSR count). The number of hydrogen-bond donors (Lipinski definition) is 4. The van der Waals surface area contributed by atoms with Crippen LogP contribution in [0.3, 0.4) is 0 Å². The monoisotopic (exact) mass is 278 g/mol. The molecule has 0 aliphatic heterocycles. The second-order valence-corrected chi connectivity index (χ2v) is 6.82. The topological polar surface area (TPSA) is 113 Å². The minimum atomic E-state index is -4.34. The zero-order valence-electron chi connectivity index (χ0n) is 9.45. The summed E-state index contributed by atoms with van der Waals surface area (Å²) in [5.41, 5.74) is 4.57. The van der Waals surface area contributed by atoms with Crippen LogP contribution in [0.4, 0.5) is 0 Å². The Morgan fingerprint density at radius 3 is 2.65 bits per heavy atom. The molecule has 17 heavy (non-hydrogen) atoms. The van der Waals surface area contributed by atoms with Gasteiger partial charge in [-0.05, 0) is 25.3 Å². The van der Waals surface area contributed by atoms with Crippen molar-refractivity contribution in [3.05, 3.63) is 22.4 Å². The molecule has 0 saturated heterocycles. The van der Waals surface area contributed by atoms with Crippen LogP contribution >= 0.6 is 18.9 Å². The van der Waals surface area contributed by atoms with Crippen LogP contribution in [0.25, 0.3) is 0 Å². The first-order valence-corrected chi connectivity index (χ1v) is 7.41. The van der Waals surface area contributed by atoms with E-state index in [4.69, 9.17) is 15.5 Å². The van der Waals surface area contributed by atoms with E-state index in [0.717, 1.165) is 0 Å². The fourth-order valence-electron chi connectivity index (χ4n) is 1.11. The lowest BCUT2D eigenvalue weighted by Gasteiger charge is -2.25. The molecule has 0 radical (unpaired) electrons. The predicted octanol–water partition coefficient (Wildman–Crippen LogP) is 0.562. The Bertz CT molecular complexity index is 440. The van der Waals surface area contributed by atoms with Crippen molar-refractivity contribution in [3.63, 3.8) is 0 Å². The molecule has 96 valence electrons. The van der Waals surface area contributed by atoms with Gasteiger partial charge >= 0.3 is 7.60 Å². The Labute approximate surface area is 103 Å². The number of rotatable bonds is 4. The molecule has 1 aromatic rings. The maximum Gasteiger partial charge on any atom is 0.347 e. The smallest absolute Gasteiger partial charge is 0.340 e. The van der Waals surface area contributed by atoms with Crippen molar-refractivity contribution in [3.8, 4) is 0 Å². The quantitative estimate of drug-likeness (QED) is 0.601. The Kier molecular flexibility index (Phi) is 4.11. The van der Waals surface area contributed by atoms with Crippen LogP contribution in [0, 0.1) is 0 Å². The summed E-state index contributed by atoms with van der Waals surface area (Å²) in [5.74, 6) is -1.87. The van der Waals surface area contributed by atoms with Gasteiger partial charge in [0.1, 0.15) is 11.3 Å². The van der Waals surface area contributed by atoms with Gasteiger partial charge in [-0.15, -0.1) is 11.3 Å². The molecule has 8 heteroatoms. The van der Waals surface area contributed by atoms with E-state index < -0.39 is 24.8 Å². The summed E-state index contributed by atoms with van der Waals surface area (Å²) in [7, 11) is -4.34. The highest BCUT2D eigenvalue weighted by Crippen LogP contribution is 2.39.